The second-order valence-corrected chi connectivity index (χ2v) is 4.13. The predicted octanol–water partition coefficient (Wildman–Crippen LogP) is 2.53. The van der Waals surface area contributed by atoms with E-state index in [-0.39, 0.29) is 0 Å². The highest BCUT2D eigenvalue weighted by atomic mass is 79.9. The number of nitrogens with zero attached hydrogens (tertiary/aromatic N) is 2. The summed E-state index contributed by atoms with van der Waals surface area (Å²) in [5, 5.41) is 7.15. The van der Waals surface area contributed by atoms with Crippen LogP contribution in [-0.2, 0) is 9.47 Å². The fraction of sp³-hybridized carbons (Fsp3) is 0.273. The Hall–Kier alpha value is -1.24. The van der Waals surface area contributed by atoms with Gasteiger partial charge in [0.25, 0.3) is 0 Å². The Morgan fingerprint density at radius 3 is 2.47 bits per heavy atom. The first-order valence-electron chi connectivity index (χ1n) is 4.97. The lowest BCUT2D eigenvalue weighted by molar-refractivity contribution is -0.109. The summed E-state index contributed by atoms with van der Waals surface area (Å²) in [7, 11) is 3.15. The minimum absolute atomic E-state index is 0.465. The van der Waals surface area contributed by atoms with Crippen LogP contribution in [0.1, 0.15) is 12.0 Å². The molecular weight excluding hydrogens is 286 g/mol. The van der Waals surface area contributed by atoms with Crippen molar-refractivity contribution in [1.29, 1.82) is 0 Å². The molecule has 1 N–H and O–H groups in total. The summed E-state index contributed by atoms with van der Waals surface area (Å²) in [5.74, 6) is 0. The molecule has 0 fully saturated rings. The van der Waals surface area contributed by atoms with Crippen LogP contribution >= 0.6 is 15.9 Å². The number of methoxy groups -OCH3 is 2. The highest BCUT2D eigenvalue weighted by Gasteiger charge is 2.19. The van der Waals surface area contributed by atoms with Crippen molar-refractivity contribution in [3.8, 4) is 11.3 Å². The number of pyridine rings is 1. The van der Waals surface area contributed by atoms with Gasteiger partial charge < -0.3 is 9.47 Å². The first-order valence-corrected chi connectivity index (χ1v) is 5.77. The van der Waals surface area contributed by atoms with Crippen LogP contribution in [0.4, 0.5) is 0 Å². The topological polar surface area (TPSA) is 60.0 Å². The second kappa shape index (κ2) is 5.39. The lowest BCUT2D eigenvalue weighted by Crippen LogP contribution is -2.04. The van der Waals surface area contributed by atoms with Crippen molar-refractivity contribution in [2.45, 2.75) is 6.29 Å². The standard InChI is InChI=1S/C11H12BrN3O2/c1-16-11(17-2)10-8(12)9(14-15-10)7-3-5-13-6-4-7/h3-6,11H,1-2H3,(H,14,15). The molecule has 0 aliphatic rings. The van der Waals surface area contributed by atoms with Crippen LogP contribution in [-0.4, -0.2) is 29.4 Å². The van der Waals surface area contributed by atoms with Crippen LogP contribution in [0, 0.1) is 0 Å². The number of nitrogens with one attached hydrogen (secondary N) is 1. The van der Waals surface area contributed by atoms with Crippen molar-refractivity contribution in [1.82, 2.24) is 15.2 Å². The number of H-pyrrole nitrogens is 1. The molecule has 2 aromatic heterocycles. The van der Waals surface area contributed by atoms with E-state index in [1.54, 1.807) is 26.6 Å². The third-order valence-corrected chi connectivity index (χ3v) is 3.15. The maximum absolute atomic E-state index is 5.18. The molecule has 6 heteroatoms. The van der Waals surface area contributed by atoms with Crippen LogP contribution in [0.5, 0.6) is 0 Å². The maximum Gasteiger partial charge on any atom is 0.201 e. The van der Waals surface area contributed by atoms with Crippen molar-refractivity contribution in [2.24, 2.45) is 0 Å². The Morgan fingerprint density at radius 2 is 1.88 bits per heavy atom. The molecule has 0 amide bonds. The normalized spacial score (nSPS) is 11.1. The molecule has 2 rings (SSSR count). The van der Waals surface area contributed by atoms with Gasteiger partial charge in [-0.05, 0) is 28.1 Å². The van der Waals surface area contributed by atoms with Crippen LogP contribution in [0.3, 0.4) is 0 Å². The van der Waals surface area contributed by atoms with Crippen LogP contribution in [0.2, 0.25) is 0 Å². The van der Waals surface area contributed by atoms with Gasteiger partial charge in [-0.3, -0.25) is 10.1 Å². The third kappa shape index (κ3) is 2.38. The number of ether oxygens (including phenoxy) is 2. The lowest BCUT2D eigenvalue weighted by atomic mass is 10.2. The summed E-state index contributed by atoms with van der Waals surface area (Å²) in [4.78, 5) is 3.97. The van der Waals surface area contributed by atoms with Gasteiger partial charge in [0.1, 0.15) is 11.4 Å². The van der Waals surface area contributed by atoms with Gasteiger partial charge in [-0.25, -0.2) is 0 Å². The molecule has 17 heavy (non-hydrogen) atoms. The van der Waals surface area contributed by atoms with Gasteiger partial charge in [0.05, 0.1) is 4.47 Å². The quantitative estimate of drug-likeness (QED) is 0.881. The fourth-order valence-electron chi connectivity index (χ4n) is 1.53. The molecule has 0 atom stereocenters. The Kier molecular flexibility index (Phi) is 3.88. The molecule has 5 nitrogen and oxygen atoms in total. The third-order valence-electron chi connectivity index (χ3n) is 2.35. The Labute approximate surface area is 107 Å². The molecule has 0 aliphatic carbocycles. The van der Waals surface area contributed by atoms with E-state index in [4.69, 9.17) is 9.47 Å². The van der Waals surface area contributed by atoms with Gasteiger partial charge in [0, 0.05) is 32.2 Å². The van der Waals surface area contributed by atoms with Crippen molar-refractivity contribution in [3.05, 3.63) is 34.7 Å². The molecule has 0 spiro atoms. The monoisotopic (exact) mass is 297 g/mol. The van der Waals surface area contributed by atoms with Gasteiger partial charge in [-0.15, -0.1) is 0 Å². The number of halogens is 1. The Balaban J connectivity index is 2.39. The first kappa shape index (κ1) is 12.2. The van der Waals surface area contributed by atoms with E-state index in [2.05, 4.69) is 31.1 Å². The summed E-state index contributed by atoms with van der Waals surface area (Å²) in [6.07, 6.45) is 2.98. The fourth-order valence-corrected chi connectivity index (χ4v) is 2.12. The van der Waals surface area contributed by atoms with Crippen LogP contribution in [0.15, 0.2) is 29.0 Å². The minimum Gasteiger partial charge on any atom is -0.350 e. The van der Waals surface area contributed by atoms with E-state index in [9.17, 15) is 0 Å². The summed E-state index contributed by atoms with van der Waals surface area (Å²) < 4.78 is 11.2. The molecule has 2 aromatic rings. The van der Waals surface area contributed by atoms with E-state index in [0.29, 0.717) is 0 Å². The molecule has 2 heterocycles. The van der Waals surface area contributed by atoms with Gasteiger partial charge in [-0.1, -0.05) is 0 Å². The van der Waals surface area contributed by atoms with Crippen molar-refractivity contribution in [2.75, 3.05) is 14.2 Å². The van der Waals surface area contributed by atoms with Gasteiger partial charge in [-0.2, -0.15) is 5.10 Å². The van der Waals surface area contributed by atoms with E-state index >= 15 is 0 Å². The summed E-state index contributed by atoms with van der Waals surface area (Å²) in [5.41, 5.74) is 2.53. The van der Waals surface area contributed by atoms with Crippen LogP contribution < -0.4 is 0 Å². The van der Waals surface area contributed by atoms with E-state index in [1.165, 1.54) is 0 Å². The number of rotatable bonds is 4. The molecule has 0 radical (unpaired) electrons. The van der Waals surface area contributed by atoms with E-state index < -0.39 is 6.29 Å². The second-order valence-electron chi connectivity index (χ2n) is 3.34. The predicted molar refractivity (Wildman–Crippen MR) is 66.3 cm³/mol. The highest BCUT2D eigenvalue weighted by Crippen LogP contribution is 2.32. The van der Waals surface area contributed by atoms with Gasteiger partial charge in [0.15, 0.2) is 0 Å². The molecule has 0 aromatic carbocycles. The number of aromatic nitrogens is 3. The Bertz CT molecular complexity index is 483. The van der Waals surface area contributed by atoms with Gasteiger partial charge in [0.2, 0.25) is 6.29 Å². The average Bonchev–Trinajstić information content (AvgIpc) is 2.75. The maximum atomic E-state index is 5.18. The van der Waals surface area contributed by atoms with Crippen molar-refractivity contribution < 1.29 is 9.47 Å². The molecule has 0 aliphatic heterocycles. The zero-order valence-corrected chi connectivity index (χ0v) is 11.1. The highest BCUT2D eigenvalue weighted by molar-refractivity contribution is 9.10. The largest absolute Gasteiger partial charge is 0.350 e. The summed E-state index contributed by atoms with van der Waals surface area (Å²) in [6, 6.07) is 3.78. The number of aromatic amines is 1. The summed E-state index contributed by atoms with van der Waals surface area (Å²) in [6.45, 7) is 0. The number of hydrogen-bond acceptors (Lipinski definition) is 4. The van der Waals surface area contributed by atoms with Gasteiger partial charge >= 0.3 is 0 Å². The summed E-state index contributed by atoms with van der Waals surface area (Å²) >= 11 is 3.50. The first-order chi connectivity index (χ1) is 8.27. The van der Waals surface area contributed by atoms with Crippen molar-refractivity contribution in [3.63, 3.8) is 0 Å². The van der Waals surface area contributed by atoms with Crippen LogP contribution in [0.25, 0.3) is 11.3 Å². The molecular formula is C11H12BrN3O2. The molecule has 90 valence electrons. The minimum atomic E-state index is -0.465. The van der Waals surface area contributed by atoms with E-state index in [0.717, 1.165) is 21.4 Å². The number of hydrogen-bond donors (Lipinski definition) is 1. The van der Waals surface area contributed by atoms with Crippen molar-refractivity contribution >= 4 is 15.9 Å². The molecule has 0 unspecified atom stereocenters. The molecule has 0 saturated carbocycles. The Morgan fingerprint density at radius 1 is 1.24 bits per heavy atom. The lowest BCUT2D eigenvalue weighted by Gasteiger charge is -2.11. The zero-order valence-electron chi connectivity index (χ0n) is 9.48. The smallest absolute Gasteiger partial charge is 0.201 e. The molecule has 0 bridgehead atoms. The SMILES string of the molecule is COC(OC)c1[nH]nc(-c2ccncc2)c1Br. The molecule has 0 saturated heterocycles. The van der Waals surface area contributed by atoms with E-state index in [1.807, 2.05) is 12.1 Å². The average molecular weight is 298 g/mol. The zero-order chi connectivity index (χ0) is 12.3.